The Morgan fingerprint density at radius 3 is 2.55 bits per heavy atom. The van der Waals surface area contributed by atoms with E-state index in [-0.39, 0.29) is 0 Å². The molecule has 2 rings (SSSR count). The van der Waals surface area contributed by atoms with Crippen molar-refractivity contribution in [1.82, 2.24) is 10.2 Å². The van der Waals surface area contributed by atoms with Crippen LogP contribution in [0.25, 0.3) is 0 Å². The van der Waals surface area contributed by atoms with Crippen molar-refractivity contribution in [3.63, 3.8) is 0 Å². The number of hydrogen-bond acceptors (Lipinski definition) is 3. The van der Waals surface area contributed by atoms with E-state index < -0.39 is 0 Å². The summed E-state index contributed by atoms with van der Waals surface area (Å²) in [5, 5.41) is 3.71. The summed E-state index contributed by atoms with van der Waals surface area (Å²) in [4.78, 5) is 2.60. The zero-order chi connectivity index (χ0) is 14.5. The van der Waals surface area contributed by atoms with Gasteiger partial charge in [0.2, 0.25) is 0 Å². The molecule has 0 saturated carbocycles. The molecule has 112 valence electrons. The van der Waals surface area contributed by atoms with Crippen molar-refractivity contribution < 1.29 is 4.74 Å². The highest BCUT2D eigenvalue weighted by Crippen LogP contribution is 2.27. The van der Waals surface area contributed by atoms with Gasteiger partial charge < -0.3 is 10.1 Å². The smallest absolute Gasteiger partial charge is 0.0615 e. The van der Waals surface area contributed by atoms with Gasteiger partial charge in [0.15, 0.2) is 0 Å². The number of hydrogen-bond donors (Lipinski definition) is 1. The first-order chi connectivity index (χ1) is 9.63. The van der Waals surface area contributed by atoms with Crippen LogP contribution in [-0.2, 0) is 4.74 Å². The normalized spacial score (nSPS) is 25.9. The quantitative estimate of drug-likeness (QED) is 0.895. The standard InChI is InChI=1S/C17H28N2O/c1-13(2)16-11-19(14(3)12-20-4)17(10-18-16)15-8-6-5-7-9-15/h5-9,13-14,16-18H,10-12H2,1-4H3. The van der Waals surface area contributed by atoms with E-state index in [1.54, 1.807) is 7.11 Å². The van der Waals surface area contributed by atoms with Crippen LogP contribution in [0.4, 0.5) is 0 Å². The summed E-state index contributed by atoms with van der Waals surface area (Å²) in [6.07, 6.45) is 0. The van der Waals surface area contributed by atoms with Gasteiger partial charge in [0.05, 0.1) is 6.61 Å². The minimum Gasteiger partial charge on any atom is -0.383 e. The van der Waals surface area contributed by atoms with E-state index in [0.29, 0.717) is 24.0 Å². The first-order valence-electron chi connectivity index (χ1n) is 7.66. The van der Waals surface area contributed by atoms with Gasteiger partial charge in [-0.2, -0.15) is 0 Å². The Labute approximate surface area is 123 Å². The van der Waals surface area contributed by atoms with Gasteiger partial charge in [0.25, 0.3) is 0 Å². The number of methoxy groups -OCH3 is 1. The molecule has 0 aliphatic carbocycles. The monoisotopic (exact) mass is 276 g/mol. The third kappa shape index (κ3) is 3.60. The Kier molecular flexibility index (Phi) is 5.58. The van der Waals surface area contributed by atoms with Crippen molar-refractivity contribution in [3.8, 4) is 0 Å². The molecule has 1 aromatic rings. The molecular formula is C17H28N2O. The minimum atomic E-state index is 0.438. The van der Waals surface area contributed by atoms with Gasteiger partial charge in [0, 0.05) is 38.3 Å². The molecule has 0 aromatic heterocycles. The maximum atomic E-state index is 5.37. The molecule has 1 aromatic carbocycles. The second-order valence-corrected chi connectivity index (χ2v) is 6.19. The highest BCUT2D eigenvalue weighted by Gasteiger charge is 2.32. The summed E-state index contributed by atoms with van der Waals surface area (Å²) in [7, 11) is 1.79. The third-order valence-electron chi connectivity index (χ3n) is 4.34. The van der Waals surface area contributed by atoms with Crippen LogP contribution in [0.1, 0.15) is 32.4 Å². The molecule has 20 heavy (non-hydrogen) atoms. The predicted octanol–water partition coefficient (Wildman–Crippen LogP) is 2.69. The average Bonchev–Trinajstić information content (AvgIpc) is 2.47. The zero-order valence-electron chi connectivity index (χ0n) is 13.2. The molecular weight excluding hydrogens is 248 g/mol. The third-order valence-corrected chi connectivity index (χ3v) is 4.34. The van der Waals surface area contributed by atoms with Crippen LogP contribution in [0, 0.1) is 5.92 Å². The fourth-order valence-electron chi connectivity index (χ4n) is 3.05. The Bertz CT molecular complexity index is 393. The molecule has 1 heterocycles. The van der Waals surface area contributed by atoms with E-state index in [1.165, 1.54) is 5.56 Å². The SMILES string of the molecule is COCC(C)N1CC(C(C)C)NCC1c1ccccc1. The van der Waals surface area contributed by atoms with Crippen LogP contribution >= 0.6 is 0 Å². The van der Waals surface area contributed by atoms with Crippen molar-refractivity contribution in [2.75, 3.05) is 26.8 Å². The van der Waals surface area contributed by atoms with E-state index in [1.807, 2.05) is 0 Å². The van der Waals surface area contributed by atoms with Crippen LogP contribution in [0.5, 0.6) is 0 Å². The summed E-state index contributed by atoms with van der Waals surface area (Å²) in [5.41, 5.74) is 1.39. The second kappa shape index (κ2) is 7.21. The van der Waals surface area contributed by atoms with Crippen molar-refractivity contribution in [1.29, 1.82) is 0 Å². The molecule has 3 unspecified atom stereocenters. The van der Waals surface area contributed by atoms with Crippen molar-refractivity contribution >= 4 is 0 Å². The molecule has 1 aliphatic rings. The molecule has 1 fully saturated rings. The lowest BCUT2D eigenvalue weighted by Gasteiger charge is -2.45. The molecule has 1 N–H and O–H groups in total. The van der Waals surface area contributed by atoms with E-state index in [0.717, 1.165) is 19.7 Å². The molecule has 0 amide bonds. The zero-order valence-corrected chi connectivity index (χ0v) is 13.2. The maximum Gasteiger partial charge on any atom is 0.0615 e. The van der Waals surface area contributed by atoms with Crippen LogP contribution in [-0.4, -0.2) is 43.8 Å². The van der Waals surface area contributed by atoms with Gasteiger partial charge >= 0.3 is 0 Å². The van der Waals surface area contributed by atoms with Crippen LogP contribution in [0.15, 0.2) is 30.3 Å². The molecule has 1 saturated heterocycles. The first kappa shape index (κ1) is 15.5. The first-order valence-corrected chi connectivity index (χ1v) is 7.66. The number of piperazine rings is 1. The van der Waals surface area contributed by atoms with Crippen LogP contribution < -0.4 is 5.32 Å². The van der Waals surface area contributed by atoms with Crippen LogP contribution in [0.3, 0.4) is 0 Å². The molecule has 0 spiro atoms. The lowest BCUT2D eigenvalue weighted by molar-refractivity contribution is 0.0335. The highest BCUT2D eigenvalue weighted by molar-refractivity contribution is 5.20. The fraction of sp³-hybridized carbons (Fsp3) is 0.647. The Hall–Kier alpha value is -0.900. The topological polar surface area (TPSA) is 24.5 Å². The van der Waals surface area contributed by atoms with Crippen LogP contribution in [0.2, 0.25) is 0 Å². The maximum absolute atomic E-state index is 5.37. The largest absolute Gasteiger partial charge is 0.383 e. The van der Waals surface area contributed by atoms with E-state index in [9.17, 15) is 0 Å². The van der Waals surface area contributed by atoms with Gasteiger partial charge in [-0.1, -0.05) is 44.2 Å². The molecule has 3 atom stereocenters. The Morgan fingerprint density at radius 2 is 1.95 bits per heavy atom. The molecule has 3 heteroatoms. The fourth-order valence-corrected chi connectivity index (χ4v) is 3.05. The minimum absolute atomic E-state index is 0.438. The van der Waals surface area contributed by atoms with Crippen molar-refractivity contribution in [2.45, 2.75) is 38.9 Å². The summed E-state index contributed by atoms with van der Waals surface area (Å²) >= 11 is 0. The molecule has 3 nitrogen and oxygen atoms in total. The Balaban J connectivity index is 2.17. The number of ether oxygens (including phenoxy) is 1. The summed E-state index contributed by atoms with van der Waals surface area (Å²) in [6, 6.07) is 12.2. The van der Waals surface area contributed by atoms with Gasteiger partial charge in [-0.25, -0.2) is 0 Å². The van der Waals surface area contributed by atoms with E-state index >= 15 is 0 Å². The lowest BCUT2D eigenvalue weighted by atomic mass is 9.94. The number of nitrogens with one attached hydrogen (secondary N) is 1. The van der Waals surface area contributed by atoms with Crippen molar-refractivity contribution in [2.24, 2.45) is 5.92 Å². The predicted molar refractivity (Wildman–Crippen MR) is 83.9 cm³/mol. The lowest BCUT2D eigenvalue weighted by Crippen LogP contribution is -2.57. The number of rotatable bonds is 5. The van der Waals surface area contributed by atoms with Crippen molar-refractivity contribution in [3.05, 3.63) is 35.9 Å². The summed E-state index contributed by atoms with van der Waals surface area (Å²) in [5.74, 6) is 0.656. The summed E-state index contributed by atoms with van der Waals surface area (Å²) < 4.78 is 5.37. The van der Waals surface area contributed by atoms with Gasteiger partial charge in [-0.15, -0.1) is 0 Å². The average molecular weight is 276 g/mol. The van der Waals surface area contributed by atoms with Gasteiger partial charge in [-0.3, -0.25) is 4.90 Å². The number of nitrogens with zero attached hydrogens (tertiary/aromatic N) is 1. The van der Waals surface area contributed by atoms with E-state index in [4.69, 9.17) is 4.74 Å². The summed E-state index contributed by atoms with van der Waals surface area (Å²) in [6.45, 7) is 9.73. The highest BCUT2D eigenvalue weighted by atomic mass is 16.5. The van der Waals surface area contributed by atoms with E-state index in [2.05, 4.69) is 61.3 Å². The molecule has 1 aliphatic heterocycles. The number of benzene rings is 1. The van der Waals surface area contributed by atoms with Gasteiger partial charge in [0.1, 0.15) is 0 Å². The van der Waals surface area contributed by atoms with Gasteiger partial charge in [-0.05, 0) is 18.4 Å². The molecule has 0 radical (unpaired) electrons. The Morgan fingerprint density at radius 1 is 1.25 bits per heavy atom. The second-order valence-electron chi connectivity index (χ2n) is 6.19. The molecule has 0 bridgehead atoms.